The lowest BCUT2D eigenvalue weighted by atomic mass is 10.0. The molecule has 2 amide bonds. The number of benzene rings is 2. The van der Waals surface area contributed by atoms with Gasteiger partial charge < -0.3 is 10.6 Å². The van der Waals surface area contributed by atoms with Crippen molar-refractivity contribution in [3.8, 4) is 0 Å². The first-order valence-electron chi connectivity index (χ1n) is 9.25. The molecular weight excluding hydrogens is 394 g/mol. The van der Waals surface area contributed by atoms with Crippen LogP contribution in [0.3, 0.4) is 0 Å². The molecular formula is C21H24ClN3O2S. The number of amides is 2. The molecule has 28 heavy (non-hydrogen) atoms. The number of primary amides is 1. The van der Waals surface area contributed by atoms with Crippen LogP contribution in [0.5, 0.6) is 0 Å². The van der Waals surface area contributed by atoms with Gasteiger partial charge in [-0.2, -0.15) is 0 Å². The van der Waals surface area contributed by atoms with Crippen molar-refractivity contribution in [1.82, 2.24) is 9.80 Å². The second-order valence-electron chi connectivity index (χ2n) is 6.79. The Bertz CT molecular complexity index is 808. The van der Waals surface area contributed by atoms with Crippen LogP contribution in [0.4, 0.5) is 0 Å². The van der Waals surface area contributed by atoms with Crippen molar-refractivity contribution in [3.63, 3.8) is 0 Å². The lowest BCUT2D eigenvalue weighted by molar-refractivity contribution is -0.133. The van der Waals surface area contributed by atoms with Crippen LogP contribution in [0.25, 0.3) is 0 Å². The Kier molecular flexibility index (Phi) is 6.99. The molecule has 148 valence electrons. The van der Waals surface area contributed by atoms with Gasteiger partial charge in [-0.15, -0.1) is 11.8 Å². The molecule has 2 aromatic carbocycles. The Morgan fingerprint density at radius 3 is 2.18 bits per heavy atom. The van der Waals surface area contributed by atoms with Crippen molar-refractivity contribution in [1.29, 1.82) is 0 Å². The van der Waals surface area contributed by atoms with Crippen LogP contribution >= 0.6 is 23.4 Å². The van der Waals surface area contributed by atoms with Gasteiger partial charge in [-0.1, -0.05) is 41.9 Å². The van der Waals surface area contributed by atoms with E-state index in [1.807, 2.05) is 59.2 Å². The highest BCUT2D eigenvalue weighted by Gasteiger charge is 2.31. The monoisotopic (exact) mass is 417 g/mol. The number of nitrogens with two attached hydrogens (primary N) is 1. The van der Waals surface area contributed by atoms with Crippen LogP contribution in [0.15, 0.2) is 59.5 Å². The van der Waals surface area contributed by atoms with E-state index in [0.717, 1.165) is 10.5 Å². The summed E-state index contributed by atoms with van der Waals surface area (Å²) in [6, 6.07) is 16.6. The normalized spacial score (nSPS) is 17.1. The first kappa shape index (κ1) is 20.7. The Balaban J connectivity index is 1.60. The van der Waals surface area contributed by atoms with Gasteiger partial charge in [0.15, 0.2) is 0 Å². The highest BCUT2D eigenvalue weighted by atomic mass is 35.5. The van der Waals surface area contributed by atoms with E-state index in [0.29, 0.717) is 31.2 Å². The summed E-state index contributed by atoms with van der Waals surface area (Å²) in [5.74, 6) is -0.272. The van der Waals surface area contributed by atoms with E-state index in [1.165, 1.54) is 0 Å². The van der Waals surface area contributed by atoms with Crippen molar-refractivity contribution in [2.24, 2.45) is 5.73 Å². The van der Waals surface area contributed by atoms with Crippen molar-refractivity contribution in [2.45, 2.75) is 23.1 Å². The van der Waals surface area contributed by atoms with E-state index in [1.54, 1.807) is 23.9 Å². The van der Waals surface area contributed by atoms with Crippen LogP contribution in [-0.2, 0) is 9.59 Å². The molecule has 0 aromatic heterocycles. The maximum atomic E-state index is 12.8. The molecule has 0 aliphatic carbocycles. The van der Waals surface area contributed by atoms with Crippen molar-refractivity contribution in [3.05, 3.63) is 65.2 Å². The minimum Gasteiger partial charge on any atom is -0.368 e. The zero-order valence-corrected chi connectivity index (χ0v) is 17.3. The molecule has 2 unspecified atom stereocenters. The third kappa shape index (κ3) is 5.07. The average Bonchev–Trinajstić information content (AvgIpc) is 2.70. The Morgan fingerprint density at radius 2 is 1.61 bits per heavy atom. The van der Waals surface area contributed by atoms with Crippen LogP contribution < -0.4 is 5.73 Å². The SMILES string of the molecule is CC(Sc1ccccc1)C(=O)N1CCN(C(C(N)=O)c2ccc(Cl)cc2)CC1. The maximum absolute atomic E-state index is 12.8. The van der Waals surface area contributed by atoms with Crippen molar-refractivity contribution >= 4 is 35.2 Å². The minimum atomic E-state index is -0.509. The second-order valence-corrected chi connectivity index (χ2v) is 8.64. The number of hydrogen-bond donors (Lipinski definition) is 1. The highest BCUT2D eigenvalue weighted by Crippen LogP contribution is 2.26. The van der Waals surface area contributed by atoms with E-state index in [2.05, 4.69) is 0 Å². The number of carbonyl (C=O) groups excluding carboxylic acids is 2. The molecule has 0 saturated carbocycles. The summed E-state index contributed by atoms with van der Waals surface area (Å²) in [5, 5.41) is 0.462. The molecule has 0 bridgehead atoms. The smallest absolute Gasteiger partial charge is 0.239 e. The third-order valence-electron chi connectivity index (χ3n) is 4.85. The molecule has 1 saturated heterocycles. The number of thioether (sulfide) groups is 1. The van der Waals surface area contributed by atoms with Gasteiger partial charge in [0.2, 0.25) is 11.8 Å². The van der Waals surface area contributed by atoms with E-state index in [9.17, 15) is 9.59 Å². The standard InChI is InChI=1S/C21H24ClN3O2S/c1-15(28-18-5-3-2-4-6-18)21(27)25-13-11-24(12-14-25)19(20(23)26)16-7-9-17(22)10-8-16/h2-10,15,19H,11-14H2,1H3,(H2,23,26). The molecule has 1 fully saturated rings. The van der Waals surface area contributed by atoms with E-state index < -0.39 is 11.9 Å². The van der Waals surface area contributed by atoms with Crippen LogP contribution in [0, 0.1) is 0 Å². The fourth-order valence-corrected chi connectivity index (χ4v) is 4.51. The van der Waals surface area contributed by atoms with Gasteiger partial charge >= 0.3 is 0 Å². The maximum Gasteiger partial charge on any atom is 0.239 e. The van der Waals surface area contributed by atoms with Crippen LogP contribution in [0.2, 0.25) is 5.02 Å². The molecule has 0 spiro atoms. The lowest BCUT2D eigenvalue weighted by Gasteiger charge is -2.39. The molecule has 3 rings (SSSR count). The van der Waals surface area contributed by atoms with E-state index in [-0.39, 0.29) is 11.2 Å². The molecule has 2 aromatic rings. The number of carbonyl (C=O) groups is 2. The Morgan fingerprint density at radius 1 is 1.00 bits per heavy atom. The van der Waals surface area contributed by atoms with Crippen molar-refractivity contribution < 1.29 is 9.59 Å². The topological polar surface area (TPSA) is 66.6 Å². The Hall–Kier alpha value is -2.02. The van der Waals surface area contributed by atoms with Gasteiger partial charge in [0.25, 0.3) is 0 Å². The molecule has 1 aliphatic heterocycles. The summed E-state index contributed by atoms with van der Waals surface area (Å²) in [4.78, 5) is 29.9. The molecule has 1 aliphatic rings. The summed E-state index contributed by atoms with van der Waals surface area (Å²) in [6.45, 7) is 4.30. The molecule has 2 N–H and O–H groups in total. The summed E-state index contributed by atoms with van der Waals surface area (Å²) in [7, 11) is 0. The van der Waals surface area contributed by atoms with E-state index >= 15 is 0 Å². The molecule has 5 nitrogen and oxygen atoms in total. The minimum absolute atomic E-state index is 0.121. The number of nitrogens with zero attached hydrogens (tertiary/aromatic N) is 2. The quantitative estimate of drug-likeness (QED) is 0.733. The van der Waals surface area contributed by atoms with Gasteiger partial charge in [0.05, 0.1) is 5.25 Å². The zero-order valence-electron chi connectivity index (χ0n) is 15.8. The molecule has 2 atom stereocenters. The van der Waals surface area contributed by atoms with Gasteiger partial charge in [0.1, 0.15) is 6.04 Å². The lowest BCUT2D eigenvalue weighted by Crippen LogP contribution is -2.53. The summed E-state index contributed by atoms with van der Waals surface area (Å²) < 4.78 is 0. The number of piperazine rings is 1. The predicted molar refractivity (Wildman–Crippen MR) is 113 cm³/mol. The van der Waals surface area contributed by atoms with Gasteiger partial charge in [-0.25, -0.2) is 0 Å². The molecule has 0 radical (unpaired) electrons. The average molecular weight is 418 g/mol. The summed E-state index contributed by atoms with van der Waals surface area (Å²) >= 11 is 7.51. The molecule has 7 heteroatoms. The number of halogens is 1. The summed E-state index contributed by atoms with van der Waals surface area (Å²) in [6.07, 6.45) is 0. The largest absolute Gasteiger partial charge is 0.368 e. The summed E-state index contributed by atoms with van der Waals surface area (Å²) in [5.41, 5.74) is 6.49. The number of rotatable bonds is 6. The van der Waals surface area contributed by atoms with Crippen LogP contribution in [-0.4, -0.2) is 53.0 Å². The zero-order chi connectivity index (χ0) is 20.1. The fourth-order valence-electron chi connectivity index (χ4n) is 3.41. The third-order valence-corrected chi connectivity index (χ3v) is 6.20. The first-order chi connectivity index (χ1) is 13.5. The Labute approximate surface area is 174 Å². The molecule has 1 heterocycles. The van der Waals surface area contributed by atoms with Gasteiger partial charge in [0, 0.05) is 36.1 Å². The fraction of sp³-hybridized carbons (Fsp3) is 0.333. The van der Waals surface area contributed by atoms with Crippen molar-refractivity contribution in [2.75, 3.05) is 26.2 Å². The highest BCUT2D eigenvalue weighted by molar-refractivity contribution is 8.00. The first-order valence-corrected chi connectivity index (χ1v) is 10.5. The van der Waals surface area contributed by atoms with E-state index in [4.69, 9.17) is 17.3 Å². The number of hydrogen-bond acceptors (Lipinski definition) is 4. The predicted octanol–water partition coefficient (Wildman–Crippen LogP) is 3.19. The second kappa shape index (κ2) is 9.45. The van der Waals surface area contributed by atoms with Crippen LogP contribution in [0.1, 0.15) is 18.5 Å². The van der Waals surface area contributed by atoms with Gasteiger partial charge in [-0.3, -0.25) is 14.5 Å². The van der Waals surface area contributed by atoms with Gasteiger partial charge in [-0.05, 0) is 36.8 Å².